The molecule has 1 heterocycles. The van der Waals surface area contributed by atoms with Crippen LogP contribution in [-0.4, -0.2) is 42.2 Å². The van der Waals surface area contributed by atoms with Gasteiger partial charge in [-0.25, -0.2) is 9.79 Å². The van der Waals surface area contributed by atoms with Crippen molar-refractivity contribution in [3.63, 3.8) is 0 Å². The molecule has 0 aromatic heterocycles. The molecule has 0 fully saturated rings. The van der Waals surface area contributed by atoms with Crippen LogP contribution in [0.25, 0.3) is 0 Å². The van der Waals surface area contributed by atoms with Crippen LogP contribution in [0.1, 0.15) is 43.0 Å². The summed E-state index contributed by atoms with van der Waals surface area (Å²) in [5.74, 6) is -0.495. The predicted molar refractivity (Wildman–Crippen MR) is 153 cm³/mol. The molecule has 8 heteroatoms. The molecule has 4 rings (SSSR count). The first-order valence-electron chi connectivity index (χ1n) is 12.7. The Kier molecular flexibility index (Phi) is 7.85. The zero-order chi connectivity index (χ0) is 27.5. The standard InChI is InChI=1S/C30H35N3O4Si/c1-30(2,3)38(4,5)37-20-22-15-17-23(18-16-22)26-24-13-9-10-14-25(24)31-28(34)27(32-26)33(29(35)36)19-21-11-7-6-8-12-21/h6-18,27H,19-20H2,1-5H3,(H,31,34)(H,35,36). The van der Waals surface area contributed by atoms with Gasteiger partial charge in [0.2, 0.25) is 6.17 Å². The second-order valence-corrected chi connectivity index (χ2v) is 15.8. The molecular weight excluding hydrogens is 494 g/mol. The Morgan fingerprint density at radius 3 is 2.24 bits per heavy atom. The quantitative estimate of drug-likeness (QED) is 0.342. The van der Waals surface area contributed by atoms with E-state index in [1.165, 1.54) is 0 Å². The lowest BCUT2D eigenvalue weighted by molar-refractivity contribution is -0.120. The van der Waals surface area contributed by atoms with E-state index >= 15 is 0 Å². The van der Waals surface area contributed by atoms with Crippen molar-refractivity contribution in [3.05, 3.63) is 101 Å². The van der Waals surface area contributed by atoms with Crippen molar-refractivity contribution in [1.29, 1.82) is 0 Å². The van der Waals surface area contributed by atoms with Crippen molar-refractivity contribution < 1.29 is 19.1 Å². The molecule has 3 aromatic rings. The fraction of sp³-hybridized carbons (Fsp3) is 0.300. The summed E-state index contributed by atoms with van der Waals surface area (Å²) in [7, 11) is -1.89. The number of amides is 2. The van der Waals surface area contributed by atoms with Gasteiger partial charge in [-0.1, -0.05) is 93.6 Å². The maximum Gasteiger partial charge on any atom is 0.409 e. The molecule has 0 radical (unpaired) electrons. The highest BCUT2D eigenvalue weighted by molar-refractivity contribution is 6.74. The second-order valence-electron chi connectivity index (χ2n) is 11.0. The minimum Gasteiger partial charge on any atom is -0.465 e. The number of nitrogens with one attached hydrogen (secondary N) is 1. The minimum atomic E-state index is -1.89. The van der Waals surface area contributed by atoms with Gasteiger partial charge in [-0.3, -0.25) is 9.69 Å². The molecule has 0 bridgehead atoms. The second kappa shape index (κ2) is 10.9. The molecule has 0 saturated carbocycles. The highest BCUT2D eigenvalue weighted by atomic mass is 28.4. The summed E-state index contributed by atoms with van der Waals surface area (Å²) >= 11 is 0. The Hall–Kier alpha value is -3.75. The van der Waals surface area contributed by atoms with E-state index in [1.807, 2.05) is 72.8 Å². The van der Waals surface area contributed by atoms with Gasteiger partial charge in [0.15, 0.2) is 8.32 Å². The number of carboxylic acid groups (broad SMARTS) is 1. The SMILES string of the molecule is CC(C)(C)[Si](C)(C)OCc1ccc(C2=NC(N(Cc3ccccc3)C(=O)O)C(=O)Nc3ccccc32)cc1. The van der Waals surface area contributed by atoms with Crippen LogP contribution in [0, 0.1) is 0 Å². The van der Waals surface area contributed by atoms with Gasteiger partial charge in [0.1, 0.15) is 0 Å². The van der Waals surface area contributed by atoms with Gasteiger partial charge in [0.25, 0.3) is 5.91 Å². The van der Waals surface area contributed by atoms with Gasteiger partial charge in [-0.15, -0.1) is 0 Å². The molecule has 2 amide bonds. The largest absolute Gasteiger partial charge is 0.465 e. The van der Waals surface area contributed by atoms with Gasteiger partial charge in [-0.2, -0.15) is 0 Å². The number of benzodiazepines with no additional fused rings is 1. The number of carbonyl (C=O) groups is 2. The molecular formula is C30H35N3O4Si. The normalized spacial score (nSPS) is 15.7. The van der Waals surface area contributed by atoms with E-state index in [2.05, 4.69) is 39.2 Å². The zero-order valence-electron chi connectivity index (χ0n) is 22.6. The number of nitrogens with zero attached hydrogens (tertiary/aromatic N) is 2. The van der Waals surface area contributed by atoms with Crippen LogP contribution in [0.15, 0.2) is 83.9 Å². The number of anilines is 1. The Morgan fingerprint density at radius 1 is 0.974 bits per heavy atom. The molecule has 0 aliphatic carbocycles. The summed E-state index contributed by atoms with van der Waals surface area (Å²) < 4.78 is 6.37. The lowest BCUT2D eigenvalue weighted by atomic mass is 9.99. The zero-order valence-corrected chi connectivity index (χ0v) is 23.6. The first-order chi connectivity index (χ1) is 18.0. The van der Waals surface area contributed by atoms with E-state index in [4.69, 9.17) is 9.42 Å². The van der Waals surface area contributed by atoms with E-state index < -0.39 is 26.5 Å². The monoisotopic (exact) mass is 529 g/mol. The summed E-state index contributed by atoms with van der Waals surface area (Å²) in [5.41, 5.74) is 4.49. The van der Waals surface area contributed by atoms with Gasteiger partial charge in [0.05, 0.1) is 24.6 Å². The van der Waals surface area contributed by atoms with Crippen LogP contribution in [0.4, 0.5) is 10.5 Å². The fourth-order valence-corrected chi connectivity index (χ4v) is 4.93. The van der Waals surface area contributed by atoms with Crippen LogP contribution in [-0.2, 0) is 22.4 Å². The topological polar surface area (TPSA) is 91.2 Å². The van der Waals surface area contributed by atoms with E-state index in [0.29, 0.717) is 18.0 Å². The Bertz CT molecular complexity index is 1330. The van der Waals surface area contributed by atoms with Gasteiger partial charge in [-0.05, 0) is 35.3 Å². The smallest absolute Gasteiger partial charge is 0.409 e. The lowest BCUT2D eigenvalue weighted by Gasteiger charge is -2.36. The van der Waals surface area contributed by atoms with E-state index in [9.17, 15) is 14.7 Å². The molecule has 0 spiro atoms. The number of fused-ring (bicyclic) bond motifs is 1. The molecule has 3 aromatic carbocycles. The molecule has 2 N–H and O–H groups in total. The van der Waals surface area contributed by atoms with Crippen molar-refractivity contribution in [2.24, 2.45) is 4.99 Å². The molecule has 1 aliphatic heterocycles. The van der Waals surface area contributed by atoms with Gasteiger partial charge < -0.3 is 14.8 Å². The molecule has 1 unspecified atom stereocenters. The average Bonchev–Trinajstić information content (AvgIpc) is 3.02. The summed E-state index contributed by atoms with van der Waals surface area (Å²) in [4.78, 5) is 31.4. The maximum atomic E-state index is 13.3. The van der Waals surface area contributed by atoms with Gasteiger partial charge in [0, 0.05) is 11.1 Å². The maximum absolute atomic E-state index is 13.3. The van der Waals surface area contributed by atoms with Crippen molar-refractivity contribution in [2.45, 2.75) is 58.2 Å². The van der Waals surface area contributed by atoms with Crippen LogP contribution >= 0.6 is 0 Å². The van der Waals surface area contributed by atoms with Crippen LogP contribution in [0.5, 0.6) is 0 Å². The minimum absolute atomic E-state index is 0.0329. The first-order valence-corrected chi connectivity index (χ1v) is 15.6. The summed E-state index contributed by atoms with van der Waals surface area (Å²) in [5, 5.41) is 13.1. The van der Waals surface area contributed by atoms with E-state index in [1.54, 1.807) is 6.07 Å². The summed E-state index contributed by atoms with van der Waals surface area (Å²) in [6, 6.07) is 24.5. The number of para-hydroxylation sites is 1. The fourth-order valence-electron chi connectivity index (χ4n) is 3.97. The van der Waals surface area contributed by atoms with Crippen LogP contribution in [0.2, 0.25) is 18.1 Å². The number of carbonyl (C=O) groups excluding carboxylic acids is 1. The highest BCUT2D eigenvalue weighted by Crippen LogP contribution is 2.37. The third-order valence-electron chi connectivity index (χ3n) is 7.30. The van der Waals surface area contributed by atoms with Crippen molar-refractivity contribution in [2.75, 3.05) is 5.32 Å². The number of hydrogen-bond donors (Lipinski definition) is 2. The predicted octanol–water partition coefficient (Wildman–Crippen LogP) is 6.50. The Labute approximate surface area is 225 Å². The molecule has 7 nitrogen and oxygen atoms in total. The Balaban J connectivity index is 1.69. The third-order valence-corrected chi connectivity index (χ3v) is 11.8. The molecule has 198 valence electrons. The summed E-state index contributed by atoms with van der Waals surface area (Å²) in [6.45, 7) is 11.7. The number of benzene rings is 3. The van der Waals surface area contributed by atoms with Crippen LogP contribution in [0.3, 0.4) is 0 Å². The van der Waals surface area contributed by atoms with Gasteiger partial charge >= 0.3 is 6.09 Å². The van der Waals surface area contributed by atoms with E-state index in [-0.39, 0.29) is 11.6 Å². The van der Waals surface area contributed by atoms with Crippen LogP contribution < -0.4 is 5.32 Å². The lowest BCUT2D eigenvalue weighted by Crippen LogP contribution is -2.45. The Morgan fingerprint density at radius 2 is 1.61 bits per heavy atom. The number of hydrogen-bond acceptors (Lipinski definition) is 4. The van der Waals surface area contributed by atoms with E-state index in [0.717, 1.165) is 27.2 Å². The van der Waals surface area contributed by atoms with Crippen molar-refractivity contribution in [1.82, 2.24) is 4.90 Å². The number of rotatable bonds is 7. The molecule has 1 aliphatic rings. The third kappa shape index (κ3) is 6.03. The molecule has 0 saturated heterocycles. The molecule has 1 atom stereocenters. The van der Waals surface area contributed by atoms with Crippen molar-refractivity contribution in [3.8, 4) is 0 Å². The first kappa shape index (κ1) is 27.3. The highest BCUT2D eigenvalue weighted by Gasteiger charge is 2.37. The average molecular weight is 530 g/mol. The molecule has 38 heavy (non-hydrogen) atoms. The van der Waals surface area contributed by atoms with Crippen molar-refractivity contribution >= 4 is 31.7 Å². The summed E-state index contributed by atoms with van der Waals surface area (Å²) in [6.07, 6.45) is -2.47. The number of aliphatic imine (C=N–C) groups is 1.